The predicted octanol–water partition coefficient (Wildman–Crippen LogP) is 6.57. The number of nitrogens with zero attached hydrogens (tertiary/aromatic N) is 3. The van der Waals surface area contributed by atoms with Crippen molar-refractivity contribution < 1.29 is 17.9 Å². The van der Waals surface area contributed by atoms with Crippen molar-refractivity contribution in [3.05, 3.63) is 41.6 Å². The fraction of sp³-hybridized carbons (Fsp3) is 0.545. The molecular weight excluding hydrogens is 379 g/mol. The SMILES string of the molecule is CCCCCCOc1ncc(C(F)(F)F)c(N(C)c2cccc(CCCC)c2)n1. The van der Waals surface area contributed by atoms with Gasteiger partial charge in [0.15, 0.2) is 5.82 Å². The maximum absolute atomic E-state index is 13.5. The fourth-order valence-electron chi connectivity index (χ4n) is 3.00. The Bertz CT molecular complexity index is 765. The maximum Gasteiger partial charge on any atom is 0.421 e. The van der Waals surface area contributed by atoms with Crippen LogP contribution in [0.15, 0.2) is 30.5 Å². The summed E-state index contributed by atoms with van der Waals surface area (Å²) in [4.78, 5) is 9.32. The molecular formula is C22H30F3N3O. The van der Waals surface area contributed by atoms with Crippen LogP contribution in [0.25, 0.3) is 0 Å². The molecule has 0 saturated carbocycles. The quantitative estimate of drug-likeness (QED) is 0.394. The summed E-state index contributed by atoms with van der Waals surface area (Å²) < 4.78 is 46.1. The van der Waals surface area contributed by atoms with Crippen LogP contribution in [0.2, 0.25) is 0 Å². The summed E-state index contributed by atoms with van der Waals surface area (Å²) in [5.41, 5.74) is 0.861. The van der Waals surface area contributed by atoms with Crippen LogP contribution in [0.3, 0.4) is 0 Å². The molecule has 0 fully saturated rings. The van der Waals surface area contributed by atoms with Crippen LogP contribution in [0.4, 0.5) is 24.7 Å². The molecule has 7 heteroatoms. The first-order valence-electron chi connectivity index (χ1n) is 10.3. The van der Waals surface area contributed by atoms with E-state index in [0.717, 1.165) is 56.7 Å². The van der Waals surface area contributed by atoms with E-state index in [9.17, 15) is 13.2 Å². The van der Waals surface area contributed by atoms with Crippen molar-refractivity contribution >= 4 is 11.5 Å². The summed E-state index contributed by atoms with van der Waals surface area (Å²) in [6, 6.07) is 7.50. The Hall–Kier alpha value is -2.31. The molecule has 0 spiro atoms. The second-order valence-corrected chi connectivity index (χ2v) is 7.13. The first kappa shape index (κ1) is 23.0. The molecule has 1 aromatic heterocycles. The summed E-state index contributed by atoms with van der Waals surface area (Å²) in [7, 11) is 1.58. The number of aryl methyl sites for hydroxylation is 1. The standard InChI is InChI=1S/C22H30F3N3O/c1-4-6-8-9-14-29-21-26-16-19(22(23,24)25)20(27-21)28(3)18-13-10-12-17(15-18)11-7-5-2/h10,12-13,15-16H,4-9,11,14H2,1-3H3. The second-order valence-electron chi connectivity index (χ2n) is 7.13. The van der Waals surface area contributed by atoms with E-state index in [0.29, 0.717) is 12.3 Å². The van der Waals surface area contributed by atoms with Gasteiger partial charge in [0, 0.05) is 18.9 Å². The zero-order valence-electron chi connectivity index (χ0n) is 17.4. The Balaban J connectivity index is 2.26. The topological polar surface area (TPSA) is 38.2 Å². The number of halogens is 3. The Kier molecular flexibility index (Phi) is 8.73. The van der Waals surface area contributed by atoms with Crippen LogP contribution in [0.1, 0.15) is 63.5 Å². The lowest BCUT2D eigenvalue weighted by atomic mass is 10.1. The molecule has 0 aliphatic rings. The Labute approximate surface area is 171 Å². The number of alkyl halides is 3. The highest BCUT2D eigenvalue weighted by atomic mass is 19.4. The van der Waals surface area contributed by atoms with E-state index >= 15 is 0 Å². The molecule has 29 heavy (non-hydrogen) atoms. The number of hydrogen-bond acceptors (Lipinski definition) is 4. The summed E-state index contributed by atoms with van der Waals surface area (Å²) >= 11 is 0. The highest BCUT2D eigenvalue weighted by Crippen LogP contribution is 2.37. The molecule has 160 valence electrons. The van der Waals surface area contributed by atoms with E-state index in [2.05, 4.69) is 23.8 Å². The van der Waals surface area contributed by atoms with Crippen molar-refractivity contribution in [3.63, 3.8) is 0 Å². The monoisotopic (exact) mass is 409 g/mol. The molecule has 0 bridgehead atoms. The minimum Gasteiger partial charge on any atom is -0.463 e. The lowest BCUT2D eigenvalue weighted by Gasteiger charge is -2.23. The minimum atomic E-state index is -4.55. The molecule has 0 aliphatic heterocycles. The summed E-state index contributed by atoms with van der Waals surface area (Å²) in [5.74, 6) is -0.205. The highest BCUT2D eigenvalue weighted by molar-refractivity contribution is 5.63. The Morgan fingerprint density at radius 3 is 2.48 bits per heavy atom. The molecule has 0 N–H and O–H groups in total. The molecule has 0 radical (unpaired) electrons. The van der Waals surface area contributed by atoms with Crippen molar-refractivity contribution in [1.29, 1.82) is 0 Å². The first-order valence-corrected chi connectivity index (χ1v) is 10.3. The van der Waals surface area contributed by atoms with Gasteiger partial charge in [-0.05, 0) is 37.0 Å². The van der Waals surface area contributed by atoms with E-state index in [1.165, 1.54) is 4.90 Å². The first-order chi connectivity index (χ1) is 13.9. The largest absolute Gasteiger partial charge is 0.463 e. The van der Waals surface area contributed by atoms with Crippen molar-refractivity contribution in [2.45, 2.75) is 65.0 Å². The molecule has 0 saturated heterocycles. The van der Waals surface area contributed by atoms with E-state index < -0.39 is 11.7 Å². The average molecular weight is 409 g/mol. The molecule has 1 heterocycles. The van der Waals surface area contributed by atoms with Gasteiger partial charge < -0.3 is 9.64 Å². The number of anilines is 2. The molecule has 2 rings (SSSR count). The van der Waals surface area contributed by atoms with Gasteiger partial charge in [0.1, 0.15) is 5.56 Å². The normalized spacial score (nSPS) is 11.5. The smallest absolute Gasteiger partial charge is 0.421 e. The third-order valence-corrected chi connectivity index (χ3v) is 4.72. The van der Waals surface area contributed by atoms with E-state index in [1.54, 1.807) is 13.1 Å². The van der Waals surface area contributed by atoms with E-state index in [-0.39, 0.29) is 11.8 Å². The van der Waals surface area contributed by atoms with Gasteiger partial charge in [-0.3, -0.25) is 0 Å². The molecule has 2 aromatic rings. The zero-order chi connectivity index (χ0) is 21.3. The second kappa shape index (κ2) is 11.0. The summed E-state index contributed by atoms with van der Waals surface area (Å²) in [6.07, 6.45) is 3.26. The summed E-state index contributed by atoms with van der Waals surface area (Å²) in [6.45, 7) is 4.61. The van der Waals surface area contributed by atoms with Gasteiger partial charge in [-0.15, -0.1) is 0 Å². The minimum absolute atomic E-state index is 0.0292. The van der Waals surface area contributed by atoms with Crippen molar-refractivity contribution in [2.24, 2.45) is 0 Å². The number of unbranched alkanes of at least 4 members (excludes halogenated alkanes) is 4. The predicted molar refractivity (Wildman–Crippen MR) is 110 cm³/mol. The highest BCUT2D eigenvalue weighted by Gasteiger charge is 2.36. The van der Waals surface area contributed by atoms with Crippen molar-refractivity contribution in [2.75, 3.05) is 18.6 Å². The summed E-state index contributed by atoms with van der Waals surface area (Å²) in [5, 5.41) is 0. The lowest BCUT2D eigenvalue weighted by Crippen LogP contribution is -2.19. The van der Waals surface area contributed by atoms with Crippen molar-refractivity contribution in [1.82, 2.24) is 9.97 Å². The van der Waals surface area contributed by atoms with Gasteiger partial charge >= 0.3 is 12.2 Å². The Morgan fingerprint density at radius 2 is 1.79 bits per heavy atom. The number of benzene rings is 1. The molecule has 0 atom stereocenters. The van der Waals surface area contributed by atoms with Gasteiger partial charge in [0.2, 0.25) is 0 Å². The zero-order valence-corrected chi connectivity index (χ0v) is 17.4. The lowest BCUT2D eigenvalue weighted by molar-refractivity contribution is -0.137. The van der Waals surface area contributed by atoms with Gasteiger partial charge in [-0.1, -0.05) is 51.7 Å². The molecule has 0 amide bonds. The van der Waals surface area contributed by atoms with Gasteiger partial charge in [0.05, 0.1) is 6.61 Å². The van der Waals surface area contributed by atoms with Gasteiger partial charge in [0.25, 0.3) is 0 Å². The number of aromatic nitrogens is 2. The van der Waals surface area contributed by atoms with Crippen LogP contribution in [0, 0.1) is 0 Å². The number of rotatable bonds is 11. The van der Waals surface area contributed by atoms with Crippen LogP contribution in [0.5, 0.6) is 6.01 Å². The van der Waals surface area contributed by atoms with E-state index in [4.69, 9.17) is 4.74 Å². The molecule has 0 aliphatic carbocycles. The third kappa shape index (κ3) is 6.91. The maximum atomic E-state index is 13.5. The third-order valence-electron chi connectivity index (χ3n) is 4.72. The number of hydrogen-bond donors (Lipinski definition) is 0. The van der Waals surface area contributed by atoms with Crippen LogP contribution in [-0.4, -0.2) is 23.6 Å². The molecule has 4 nitrogen and oxygen atoms in total. The average Bonchev–Trinajstić information content (AvgIpc) is 2.71. The fourth-order valence-corrected chi connectivity index (χ4v) is 3.00. The van der Waals surface area contributed by atoms with Crippen LogP contribution in [-0.2, 0) is 12.6 Å². The molecule has 0 unspecified atom stereocenters. The van der Waals surface area contributed by atoms with Crippen LogP contribution >= 0.6 is 0 Å². The Morgan fingerprint density at radius 1 is 1.03 bits per heavy atom. The van der Waals surface area contributed by atoms with Crippen molar-refractivity contribution in [3.8, 4) is 6.01 Å². The number of ether oxygens (including phenoxy) is 1. The van der Waals surface area contributed by atoms with Crippen LogP contribution < -0.4 is 9.64 Å². The van der Waals surface area contributed by atoms with Gasteiger partial charge in [-0.25, -0.2) is 4.98 Å². The molecule has 1 aromatic carbocycles. The van der Waals surface area contributed by atoms with E-state index in [1.807, 2.05) is 18.2 Å². The van der Waals surface area contributed by atoms with Gasteiger partial charge in [-0.2, -0.15) is 18.2 Å².